The van der Waals surface area contributed by atoms with Crippen LogP contribution in [0.15, 0.2) is 21.5 Å². The Morgan fingerprint density at radius 2 is 1.87 bits per heavy atom. The summed E-state index contributed by atoms with van der Waals surface area (Å²) in [6.45, 7) is 5.01. The molecule has 0 atom stereocenters. The van der Waals surface area contributed by atoms with Crippen molar-refractivity contribution in [1.82, 2.24) is 0 Å². The Balaban J connectivity index is 2.82. The van der Waals surface area contributed by atoms with Gasteiger partial charge in [-0.3, -0.25) is 0 Å². The molecular weight excluding hydrogens is 196 g/mol. The maximum Gasteiger partial charge on any atom is 0.382 e. The maximum absolute atomic E-state index is 11.3. The first-order valence-electron chi connectivity index (χ1n) is 5.17. The van der Waals surface area contributed by atoms with Gasteiger partial charge in [0.05, 0.1) is 19.5 Å². The van der Waals surface area contributed by atoms with Crippen LogP contribution in [0.1, 0.15) is 26.7 Å². The summed E-state index contributed by atoms with van der Waals surface area (Å²) in [4.78, 5) is 11.3. The Morgan fingerprint density at radius 3 is 2.53 bits per heavy atom. The van der Waals surface area contributed by atoms with Gasteiger partial charge in [0, 0.05) is 6.07 Å². The third-order valence-electron chi connectivity index (χ3n) is 1.72. The number of hydrogen-bond acceptors (Lipinski definition) is 4. The fourth-order valence-electron chi connectivity index (χ4n) is 1.05. The Kier molecular flexibility index (Phi) is 4.74. The Bertz CT molecular complexity index is 343. The van der Waals surface area contributed by atoms with Crippen LogP contribution in [0.25, 0.3) is 0 Å². The van der Waals surface area contributed by atoms with Crippen LogP contribution in [0, 0.1) is 0 Å². The summed E-state index contributed by atoms with van der Waals surface area (Å²) >= 11 is 0. The lowest BCUT2D eigenvalue weighted by atomic mass is 10.4. The van der Waals surface area contributed by atoms with Crippen LogP contribution < -0.4 is 15.1 Å². The summed E-state index contributed by atoms with van der Waals surface area (Å²) in [6, 6.07) is 1.60. The largest absolute Gasteiger partial charge is 0.489 e. The second-order valence-corrected chi connectivity index (χ2v) is 3.10. The van der Waals surface area contributed by atoms with Gasteiger partial charge in [-0.1, -0.05) is 13.8 Å². The van der Waals surface area contributed by atoms with E-state index in [0.717, 1.165) is 12.8 Å². The zero-order chi connectivity index (χ0) is 11.1. The van der Waals surface area contributed by atoms with Gasteiger partial charge in [0.2, 0.25) is 5.75 Å². The molecule has 1 heterocycles. The highest BCUT2D eigenvalue weighted by molar-refractivity contribution is 5.35. The molecule has 0 aliphatic heterocycles. The molecule has 0 spiro atoms. The molecule has 0 bridgehead atoms. The Morgan fingerprint density at radius 1 is 1.20 bits per heavy atom. The third kappa shape index (κ3) is 3.31. The minimum Gasteiger partial charge on any atom is -0.489 e. The molecule has 0 fully saturated rings. The van der Waals surface area contributed by atoms with Gasteiger partial charge in [0.15, 0.2) is 5.75 Å². The highest BCUT2D eigenvalue weighted by Gasteiger charge is 2.10. The molecule has 0 aliphatic carbocycles. The summed E-state index contributed by atoms with van der Waals surface area (Å²) in [5.41, 5.74) is -0.489. The van der Waals surface area contributed by atoms with E-state index < -0.39 is 5.63 Å². The van der Waals surface area contributed by atoms with Crippen LogP contribution in [0.2, 0.25) is 0 Å². The van der Waals surface area contributed by atoms with Gasteiger partial charge in [-0.05, 0) is 12.8 Å². The molecular formula is C11H16O4. The third-order valence-corrected chi connectivity index (χ3v) is 1.72. The maximum atomic E-state index is 11.3. The summed E-state index contributed by atoms with van der Waals surface area (Å²) in [7, 11) is 0. The lowest BCUT2D eigenvalue weighted by molar-refractivity contribution is 0.253. The zero-order valence-corrected chi connectivity index (χ0v) is 9.12. The Labute approximate surface area is 88.8 Å². The van der Waals surface area contributed by atoms with Gasteiger partial charge < -0.3 is 13.9 Å². The smallest absolute Gasteiger partial charge is 0.382 e. The highest BCUT2D eigenvalue weighted by atomic mass is 16.5. The highest BCUT2D eigenvalue weighted by Crippen LogP contribution is 2.22. The van der Waals surface area contributed by atoms with Crippen molar-refractivity contribution in [3.05, 3.63) is 22.7 Å². The van der Waals surface area contributed by atoms with E-state index in [-0.39, 0.29) is 5.75 Å². The van der Waals surface area contributed by atoms with Crippen molar-refractivity contribution in [2.24, 2.45) is 0 Å². The standard InChI is InChI=1S/C11H16O4/c1-3-6-13-9-5-8-15-11(12)10(9)14-7-4-2/h5,8H,3-4,6-7H2,1-2H3. The number of ether oxygens (including phenoxy) is 2. The minimum atomic E-state index is -0.489. The van der Waals surface area contributed by atoms with Crippen molar-refractivity contribution in [3.63, 3.8) is 0 Å². The van der Waals surface area contributed by atoms with E-state index in [2.05, 4.69) is 0 Å². The quantitative estimate of drug-likeness (QED) is 0.725. The van der Waals surface area contributed by atoms with Crippen molar-refractivity contribution in [2.45, 2.75) is 26.7 Å². The fourth-order valence-corrected chi connectivity index (χ4v) is 1.05. The topological polar surface area (TPSA) is 48.7 Å². The van der Waals surface area contributed by atoms with E-state index in [1.807, 2.05) is 13.8 Å². The molecule has 0 saturated carbocycles. The van der Waals surface area contributed by atoms with Gasteiger partial charge >= 0.3 is 5.63 Å². The van der Waals surface area contributed by atoms with Gasteiger partial charge in [-0.15, -0.1) is 0 Å². The zero-order valence-electron chi connectivity index (χ0n) is 9.12. The lowest BCUT2D eigenvalue weighted by Gasteiger charge is -2.09. The van der Waals surface area contributed by atoms with Gasteiger partial charge in [-0.2, -0.15) is 0 Å². The fraction of sp³-hybridized carbons (Fsp3) is 0.545. The normalized spacial score (nSPS) is 10.0. The first kappa shape index (κ1) is 11.6. The summed E-state index contributed by atoms with van der Waals surface area (Å²) in [6.07, 6.45) is 3.03. The first-order valence-corrected chi connectivity index (χ1v) is 5.17. The van der Waals surface area contributed by atoms with E-state index in [1.165, 1.54) is 6.26 Å². The van der Waals surface area contributed by atoms with Crippen LogP contribution in [-0.2, 0) is 0 Å². The van der Waals surface area contributed by atoms with E-state index in [4.69, 9.17) is 13.9 Å². The molecule has 15 heavy (non-hydrogen) atoms. The van der Waals surface area contributed by atoms with Crippen LogP contribution in [0.4, 0.5) is 0 Å². The molecule has 0 unspecified atom stereocenters. The molecule has 0 saturated heterocycles. The summed E-state index contributed by atoms with van der Waals surface area (Å²) in [5, 5.41) is 0. The van der Waals surface area contributed by atoms with E-state index >= 15 is 0 Å². The second kappa shape index (κ2) is 6.11. The first-order chi connectivity index (χ1) is 7.29. The van der Waals surface area contributed by atoms with Crippen LogP contribution >= 0.6 is 0 Å². The molecule has 1 aromatic heterocycles. The van der Waals surface area contributed by atoms with Crippen molar-refractivity contribution in [2.75, 3.05) is 13.2 Å². The lowest BCUT2D eigenvalue weighted by Crippen LogP contribution is -2.10. The van der Waals surface area contributed by atoms with Crippen molar-refractivity contribution in [3.8, 4) is 11.5 Å². The molecule has 1 aromatic rings. The van der Waals surface area contributed by atoms with Crippen LogP contribution in [-0.4, -0.2) is 13.2 Å². The summed E-state index contributed by atoms with van der Waals surface area (Å²) < 4.78 is 15.4. The molecule has 4 nitrogen and oxygen atoms in total. The Hall–Kier alpha value is -1.45. The van der Waals surface area contributed by atoms with Crippen LogP contribution in [0.3, 0.4) is 0 Å². The molecule has 0 aliphatic rings. The van der Waals surface area contributed by atoms with Gasteiger partial charge in [0.25, 0.3) is 0 Å². The SMILES string of the molecule is CCCOc1ccoc(=O)c1OCCC. The van der Waals surface area contributed by atoms with E-state index in [0.29, 0.717) is 19.0 Å². The van der Waals surface area contributed by atoms with Gasteiger partial charge in [-0.25, -0.2) is 4.79 Å². The molecule has 0 N–H and O–H groups in total. The summed E-state index contributed by atoms with van der Waals surface area (Å²) in [5.74, 6) is 0.634. The van der Waals surface area contributed by atoms with Crippen LogP contribution in [0.5, 0.6) is 11.5 Å². The molecule has 0 aromatic carbocycles. The molecule has 0 radical (unpaired) electrons. The number of rotatable bonds is 6. The van der Waals surface area contributed by atoms with E-state index in [9.17, 15) is 4.79 Å². The van der Waals surface area contributed by atoms with Gasteiger partial charge in [0.1, 0.15) is 0 Å². The second-order valence-electron chi connectivity index (χ2n) is 3.10. The van der Waals surface area contributed by atoms with Crippen molar-refractivity contribution >= 4 is 0 Å². The van der Waals surface area contributed by atoms with Crippen molar-refractivity contribution in [1.29, 1.82) is 0 Å². The average molecular weight is 212 g/mol. The predicted octanol–water partition coefficient (Wildman–Crippen LogP) is 2.22. The number of hydrogen-bond donors (Lipinski definition) is 0. The molecule has 1 rings (SSSR count). The predicted molar refractivity (Wildman–Crippen MR) is 56.6 cm³/mol. The molecule has 4 heteroatoms. The average Bonchev–Trinajstić information content (AvgIpc) is 2.25. The minimum absolute atomic E-state index is 0.174. The molecule has 0 amide bonds. The molecule has 84 valence electrons. The van der Waals surface area contributed by atoms with E-state index in [1.54, 1.807) is 6.07 Å². The monoisotopic (exact) mass is 212 g/mol. The van der Waals surface area contributed by atoms with Crippen molar-refractivity contribution < 1.29 is 13.9 Å².